The number of aryl methyl sites for hydroxylation is 1. The van der Waals surface area contributed by atoms with E-state index >= 15 is 0 Å². The highest BCUT2D eigenvalue weighted by Gasteiger charge is 2.18. The quantitative estimate of drug-likeness (QED) is 0.730. The van der Waals surface area contributed by atoms with Gasteiger partial charge >= 0.3 is 0 Å². The predicted molar refractivity (Wildman–Crippen MR) is 84.5 cm³/mol. The number of ketones is 1. The number of aromatic nitrogens is 1. The fourth-order valence-electron chi connectivity index (χ4n) is 2.43. The van der Waals surface area contributed by atoms with Gasteiger partial charge in [0.05, 0.1) is 12.7 Å². The molecule has 0 radical (unpaired) electrons. The Hall–Kier alpha value is -2.26. The summed E-state index contributed by atoms with van der Waals surface area (Å²) >= 11 is 6.00. The molecule has 1 heterocycles. The second kappa shape index (κ2) is 5.26. The fraction of sp³-hybridized carbons (Fsp3) is 0.118. The Morgan fingerprint density at radius 3 is 2.71 bits per heavy atom. The number of nitrogens with one attached hydrogen (secondary N) is 1. The van der Waals surface area contributed by atoms with Crippen molar-refractivity contribution in [2.24, 2.45) is 0 Å². The molecule has 0 fully saturated rings. The lowest BCUT2D eigenvalue weighted by Crippen LogP contribution is -2.03. The van der Waals surface area contributed by atoms with Crippen LogP contribution in [0.25, 0.3) is 10.9 Å². The molecule has 2 aromatic carbocycles. The SMILES string of the molecule is COc1ccc(Cl)cc1C(=O)c1c[nH]c2cc(C)ccc12. The van der Waals surface area contributed by atoms with Gasteiger partial charge in [0.15, 0.2) is 5.78 Å². The van der Waals surface area contributed by atoms with Gasteiger partial charge < -0.3 is 9.72 Å². The maximum atomic E-state index is 12.8. The highest BCUT2D eigenvalue weighted by atomic mass is 35.5. The van der Waals surface area contributed by atoms with Crippen molar-refractivity contribution in [1.29, 1.82) is 0 Å². The highest BCUT2D eigenvalue weighted by molar-refractivity contribution is 6.31. The molecule has 0 unspecified atom stereocenters. The largest absolute Gasteiger partial charge is 0.496 e. The summed E-state index contributed by atoms with van der Waals surface area (Å²) in [6.45, 7) is 2.02. The molecular weight excluding hydrogens is 286 g/mol. The zero-order chi connectivity index (χ0) is 15.0. The molecule has 3 aromatic rings. The van der Waals surface area contributed by atoms with E-state index in [0.717, 1.165) is 16.5 Å². The Bertz CT molecular complexity index is 836. The van der Waals surface area contributed by atoms with E-state index in [1.807, 2.05) is 25.1 Å². The molecule has 0 amide bonds. The van der Waals surface area contributed by atoms with Crippen molar-refractivity contribution >= 4 is 28.3 Å². The summed E-state index contributed by atoms with van der Waals surface area (Å²) in [7, 11) is 1.54. The van der Waals surface area contributed by atoms with Crippen LogP contribution in [0.4, 0.5) is 0 Å². The van der Waals surface area contributed by atoms with Crippen LogP contribution in [-0.2, 0) is 0 Å². The number of H-pyrrole nitrogens is 1. The Balaban J connectivity index is 2.15. The average molecular weight is 300 g/mol. The fourth-order valence-corrected chi connectivity index (χ4v) is 2.60. The number of carbonyl (C=O) groups is 1. The van der Waals surface area contributed by atoms with Gasteiger partial charge in [-0.05, 0) is 36.8 Å². The van der Waals surface area contributed by atoms with Gasteiger partial charge in [-0.2, -0.15) is 0 Å². The lowest BCUT2D eigenvalue weighted by atomic mass is 10.0. The number of hydrogen-bond donors (Lipinski definition) is 1. The third-order valence-electron chi connectivity index (χ3n) is 3.49. The van der Waals surface area contributed by atoms with Gasteiger partial charge in [0.1, 0.15) is 5.75 Å². The van der Waals surface area contributed by atoms with Crippen molar-refractivity contribution in [2.45, 2.75) is 6.92 Å². The summed E-state index contributed by atoms with van der Waals surface area (Å²) in [5, 5.41) is 1.41. The first-order valence-corrected chi connectivity index (χ1v) is 6.94. The molecule has 0 aliphatic rings. The molecule has 0 aliphatic carbocycles. The van der Waals surface area contributed by atoms with Crippen LogP contribution in [0.15, 0.2) is 42.6 Å². The van der Waals surface area contributed by atoms with Gasteiger partial charge in [0.25, 0.3) is 0 Å². The normalized spacial score (nSPS) is 10.8. The van der Waals surface area contributed by atoms with E-state index in [-0.39, 0.29) is 5.78 Å². The number of fused-ring (bicyclic) bond motifs is 1. The summed E-state index contributed by atoms with van der Waals surface area (Å²) < 4.78 is 5.26. The monoisotopic (exact) mass is 299 g/mol. The molecule has 1 aromatic heterocycles. The number of benzene rings is 2. The minimum Gasteiger partial charge on any atom is -0.496 e. The first-order chi connectivity index (χ1) is 10.1. The van der Waals surface area contributed by atoms with Crippen molar-refractivity contribution in [3.05, 3.63) is 64.3 Å². The molecule has 0 spiro atoms. The molecule has 21 heavy (non-hydrogen) atoms. The highest BCUT2D eigenvalue weighted by Crippen LogP contribution is 2.28. The molecule has 4 heteroatoms. The Morgan fingerprint density at radius 1 is 1.14 bits per heavy atom. The van der Waals surface area contributed by atoms with Crippen molar-refractivity contribution < 1.29 is 9.53 Å². The van der Waals surface area contributed by atoms with Crippen LogP contribution >= 0.6 is 11.6 Å². The molecule has 0 aliphatic heterocycles. The standard InChI is InChI=1S/C17H14ClNO2/c1-10-3-5-12-14(9-19-15(12)7-10)17(20)13-8-11(18)4-6-16(13)21-2/h3-9,19H,1-2H3. The zero-order valence-electron chi connectivity index (χ0n) is 11.7. The molecule has 1 N–H and O–H groups in total. The molecule has 106 valence electrons. The second-order valence-corrected chi connectivity index (χ2v) is 5.36. The number of rotatable bonds is 3. The maximum absolute atomic E-state index is 12.8. The van der Waals surface area contributed by atoms with Crippen LogP contribution in [0.1, 0.15) is 21.5 Å². The molecule has 0 saturated heterocycles. The zero-order valence-corrected chi connectivity index (χ0v) is 12.5. The lowest BCUT2D eigenvalue weighted by Gasteiger charge is -2.07. The molecule has 3 rings (SSSR count). The van der Waals surface area contributed by atoms with Crippen LogP contribution in [0.3, 0.4) is 0 Å². The molecule has 0 bridgehead atoms. The number of halogens is 1. The Labute approximate surface area is 127 Å². The van der Waals surface area contributed by atoms with Crippen LogP contribution in [0, 0.1) is 6.92 Å². The van der Waals surface area contributed by atoms with Gasteiger partial charge in [0.2, 0.25) is 0 Å². The first-order valence-electron chi connectivity index (χ1n) is 6.56. The van der Waals surface area contributed by atoms with Crippen molar-refractivity contribution in [1.82, 2.24) is 4.98 Å². The molecular formula is C17H14ClNO2. The van der Waals surface area contributed by atoms with Crippen molar-refractivity contribution in [2.75, 3.05) is 7.11 Å². The summed E-state index contributed by atoms with van der Waals surface area (Å²) in [5.41, 5.74) is 3.17. The number of aromatic amines is 1. The molecule has 0 atom stereocenters. The molecule has 3 nitrogen and oxygen atoms in total. The number of hydrogen-bond acceptors (Lipinski definition) is 2. The van der Waals surface area contributed by atoms with E-state index in [2.05, 4.69) is 4.98 Å². The van der Waals surface area contributed by atoms with Crippen LogP contribution < -0.4 is 4.74 Å². The summed E-state index contributed by atoms with van der Waals surface area (Å²) in [6, 6.07) is 11.0. The van der Waals surface area contributed by atoms with E-state index in [1.54, 1.807) is 31.5 Å². The summed E-state index contributed by atoms with van der Waals surface area (Å²) in [4.78, 5) is 15.9. The Morgan fingerprint density at radius 2 is 1.95 bits per heavy atom. The van der Waals surface area contributed by atoms with E-state index in [1.165, 1.54) is 0 Å². The third kappa shape index (κ3) is 2.41. The predicted octanol–water partition coefficient (Wildman–Crippen LogP) is 4.37. The van der Waals surface area contributed by atoms with E-state index in [4.69, 9.17) is 16.3 Å². The lowest BCUT2D eigenvalue weighted by molar-refractivity contribution is 0.103. The first kappa shape index (κ1) is 13.7. The van der Waals surface area contributed by atoms with Gasteiger partial charge in [-0.25, -0.2) is 0 Å². The van der Waals surface area contributed by atoms with E-state index in [0.29, 0.717) is 21.9 Å². The van der Waals surface area contributed by atoms with Crippen LogP contribution in [0.5, 0.6) is 5.75 Å². The van der Waals surface area contributed by atoms with Crippen LogP contribution in [-0.4, -0.2) is 17.9 Å². The van der Waals surface area contributed by atoms with E-state index in [9.17, 15) is 4.79 Å². The second-order valence-electron chi connectivity index (χ2n) is 4.93. The van der Waals surface area contributed by atoms with Gasteiger partial charge in [-0.1, -0.05) is 23.7 Å². The molecule has 0 saturated carbocycles. The van der Waals surface area contributed by atoms with Gasteiger partial charge in [-0.15, -0.1) is 0 Å². The van der Waals surface area contributed by atoms with E-state index < -0.39 is 0 Å². The van der Waals surface area contributed by atoms with Gasteiger partial charge in [-0.3, -0.25) is 4.79 Å². The third-order valence-corrected chi connectivity index (χ3v) is 3.72. The van der Waals surface area contributed by atoms with Crippen LogP contribution in [0.2, 0.25) is 5.02 Å². The smallest absolute Gasteiger partial charge is 0.198 e. The van der Waals surface area contributed by atoms with Crippen molar-refractivity contribution in [3.63, 3.8) is 0 Å². The summed E-state index contributed by atoms with van der Waals surface area (Å²) in [6.07, 6.45) is 1.73. The number of methoxy groups -OCH3 is 1. The minimum absolute atomic E-state index is 0.107. The summed E-state index contributed by atoms with van der Waals surface area (Å²) in [5.74, 6) is 0.412. The number of carbonyl (C=O) groups excluding carboxylic acids is 1. The number of ether oxygens (including phenoxy) is 1. The average Bonchev–Trinajstić information content (AvgIpc) is 2.89. The van der Waals surface area contributed by atoms with Gasteiger partial charge in [0, 0.05) is 27.7 Å². The minimum atomic E-state index is -0.107. The van der Waals surface area contributed by atoms with Crippen molar-refractivity contribution in [3.8, 4) is 5.75 Å². The Kier molecular flexibility index (Phi) is 3.43. The maximum Gasteiger partial charge on any atom is 0.198 e. The topological polar surface area (TPSA) is 42.1 Å².